The molecule has 0 radical (unpaired) electrons. The summed E-state index contributed by atoms with van der Waals surface area (Å²) >= 11 is 6.05. The molecule has 0 saturated carbocycles. The van der Waals surface area contributed by atoms with Crippen molar-refractivity contribution < 1.29 is 18.0 Å². The van der Waals surface area contributed by atoms with Gasteiger partial charge in [0.25, 0.3) is 0 Å². The molecule has 9 heteroatoms. The zero-order valence-corrected chi connectivity index (χ0v) is 23.7. The predicted octanol–water partition coefficient (Wildman–Crippen LogP) is 4.62. The lowest BCUT2D eigenvalue weighted by Crippen LogP contribution is -2.52. The number of amides is 2. The van der Waals surface area contributed by atoms with Gasteiger partial charge in [0.2, 0.25) is 21.8 Å². The molecule has 0 aliphatic heterocycles. The molecule has 7 nitrogen and oxygen atoms in total. The van der Waals surface area contributed by atoms with Crippen molar-refractivity contribution in [2.75, 3.05) is 24.2 Å². The van der Waals surface area contributed by atoms with Crippen LogP contribution in [0, 0.1) is 0 Å². The summed E-state index contributed by atoms with van der Waals surface area (Å²) in [6.45, 7) is 3.75. The molecule has 0 unspecified atom stereocenters. The molecule has 3 rings (SSSR count). The Bertz CT molecular complexity index is 1330. The summed E-state index contributed by atoms with van der Waals surface area (Å²) in [4.78, 5) is 28.4. The van der Waals surface area contributed by atoms with Crippen LogP contribution in [0.3, 0.4) is 0 Å². The molecule has 202 valence electrons. The second-order valence-corrected chi connectivity index (χ2v) is 11.8. The fourth-order valence-electron chi connectivity index (χ4n) is 4.15. The van der Waals surface area contributed by atoms with Crippen molar-refractivity contribution in [3.05, 3.63) is 101 Å². The van der Waals surface area contributed by atoms with Crippen LogP contribution >= 0.6 is 11.6 Å². The maximum Gasteiger partial charge on any atom is 0.244 e. The number of carbonyl (C=O) groups excluding carboxylic acids is 2. The molecule has 1 N–H and O–H groups in total. The Morgan fingerprint density at radius 3 is 2.03 bits per heavy atom. The third-order valence-electron chi connectivity index (χ3n) is 6.31. The first kappa shape index (κ1) is 29.2. The molecule has 0 saturated heterocycles. The van der Waals surface area contributed by atoms with Gasteiger partial charge in [-0.2, -0.15) is 0 Å². The highest BCUT2D eigenvalue weighted by Gasteiger charge is 2.32. The highest BCUT2D eigenvalue weighted by molar-refractivity contribution is 7.92. The van der Waals surface area contributed by atoms with Gasteiger partial charge >= 0.3 is 0 Å². The van der Waals surface area contributed by atoms with Crippen molar-refractivity contribution in [3.8, 4) is 0 Å². The maximum atomic E-state index is 13.9. The minimum absolute atomic E-state index is 0.102. The van der Waals surface area contributed by atoms with E-state index in [9.17, 15) is 18.0 Å². The van der Waals surface area contributed by atoms with E-state index in [1.165, 1.54) is 11.9 Å². The van der Waals surface area contributed by atoms with Gasteiger partial charge in [0, 0.05) is 25.0 Å². The highest BCUT2D eigenvalue weighted by Crippen LogP contribution is 2.23. The minimum atomic E-state index is -3.80. The molecule has 0 fully saturated rings. The fraction of sp³-hybridized carbons (Fsp3) is 0.310. The molecule has 38 heavy (non-hydrogen) atoms. The van der Waals surface area contributed by atoms with Crippen LogP contribution in [0.5, 0.6) is 0 Å². The van der Waals surface area contributed by atoms with Gasteiger partial charge in [-0.25, -0.2) is 8.42 Å². The molecule has 0 bridgehead atoms. The van der Waals surface area contributed by atoms with Gasteiger partial charge < -0.3 is 10.2 Å². The van der Waals surface area contributed by atoms with Crippen LogP contribution in [0.1, 0.15) is 36.5 Å². The first-order chi connectivity index (χ1) is 18.0. The molecule has 0 aliphatic carbocycles. The van der Waals surface area contributed by atoms with Crippen molar-refractivity contribution in [2.24, 2.45) is 0 Å². The average Bonchev–Trinajstić information content (AvgIpc) is 2.89. The number of benzene rings is 3. The Morgan fingerprint density at radius 1 is 0.895 bits per heavy atom. The summed E-state index contributed by atoms with van der Waals surface area (Å²) in [6.07, 6.45) is 1.34. The third kappa shape index (κ3) is 7.82. The van der Waals surface area contributed by atoms with Crippen molar-refractivity contribution in [1.29, 1.82) is 0 Å². The Kier molecular flexibility index (Phi) is 9.94. The molecule has 3 aromatic carbocycles. The van der Waals surface area contributed by atoms with Gasteiger partial charge in [-0.1, -0.05) is 80.0 Å². The number of hydrogen-bond donors (Lipinski definition) is 1. The van der Waals surface area contributed by atoms with Gasteiger partial charge in [0.05, 0.1) is 11.9 Å². The highest BCUT2D eigenvalue weighted by atomic mass is 35.5. The van der Waals surface area contributed by atoms with Crippen molar-refractivity contribution in [3.63, 3.8) is 0 Å². The largest absolute Gasteiger partial charge is 0.357 e. The molecule has 3 aromatic rings. The first-order valence-electron chi connectivity index (χ1n) is 12.4. The van der Waals surface area contributed by atoms with Crippen LogP contribution in [0.2, 0.25) is 5.02 Å². The number of carbonyl (C=O) groups is 2. The van der Waals surface area contributed by atoms with Gasteiger partial charge in [0.15, 0.2) is 0 Å². The van der Waals surface area contributed by atoms with Crippen molar-refractivity contribution in [2.45, 2.75) is 38.8 Å². The quantitative estimate of drug-likeness (QED) is 0.374. The third-order valence-corrected chi connectivity index (χ3v) is 7.70. The Labute approximate surface area is 230 Å². The van der Waals surface area contributed by atoms with Crippen LogP contribution in [0.25, 0.3) is 0 Å². The standard InChI is InChI=1S/C29H34ClN3O4S/c1-21(2)24-12-16-26(17-13-24)33(38(4,36)37)20-28(34)32(19-23-10-14-25(30)15-11-23)27(29(35)31-3)18-22-8-6-5-7-9-22/h5-17,21,27H,18-20H2,1-4H3,(H,31,35)/t27-/m0/s1. The molecular weight excluding hydrogens is 522 g/mol. The summed E-state index contributed by atoms with van der Waals surface area (Å²) < 4.78 is 26.7. The number of likely N-dealkylation sites (N-methyl/N-ethyl adjacent to an activating group) is 1. The molecule has 2 amide bonds. The van der Waals surface area contributed by atoms with E-state index in [0.29, 0.717) is 10.7 Å². The lowest BCUT2D eigenvalue weighted by atomic mass is 10.0. The van der Waals surface area contributed by atoms with E-state index in [0.717, 1.165) is 27.3 Å². The van der Waals surface area contributed by atoms with Crippen LogP contribution in [-0.4, -0.2) is 51.0 Å². The normalized spacial score (nSPS) is 12.2. The van der Waals surface area contributed by atoms with Gasteiger partial charge in [-0.3, -0.25) is 13.9 Å². The first-order valence-corrected chi connectivity index (χ1v) is 14.6. The topological polar surface area (TPSA) is 86.8 Å². The van der Waals surface area contributed by atoms with Gasteiger partial charge in [-0.15, -0.1) is 0 Å². The monoisotopic (exact) mass is 555 g/mol. The lowest BCUT2D eigenvalue weighted by molar-refractivity contribution is -0.139. The zero-order chi connectivity index (χ0) is 27.9. The van der Waals surface area contributed by atoms with E-state index in [-0.39, 0.29) is 24.8 Å². The molecule has 0 heterocycles. The molecule has 0 aliphatic rings. The van der Waals surface area contributed by atoms with Gasteiger partial charge in [-0.05, 0) is 46.9 Å². The maximum absolute atomic E-state index is 13.9. The number of hydrogen-bond acceptors (Lipinski definition) is 4. The Balaban J connectivity index is 2.00. The van der Waals surface area contributed by atoms with E-state index >= 15 is 0 Å². The number of sulfonamides is 1. The summed E-state index contributed by atoms with van der Waals surface area (Å²) in [5.41, 5.74) is 3.08. The SMILES string of the molecule is CNC(=O)[C@H](Cc1ccccc1)N(Cc1ccc(Cl)cc1)C(=O)CN(c1ccc(C(C)C)cc1)S(C)(=O)=O. The molecular formula is C29H34ClN3O4S. The van der Waals surface area contributed by atoms with Crippen LogP contribution in [0.15, 0.2) is 78.9 Å². The number of halogens is 1. The summed E-state index contributed by atoms with van der Waals surface area (Å²) in [5, 5.41) is 3.21. The minimum Gasteiger partial charge on any atom is -0.357 e. The van der Waals surface area contributed by atoms with Crippen molar-refractivity contribution >= 4 is 39.1 Å². The number of nitrogens with one attached hydrogen (secondary N) is 1. The fourth-order valence-corrected chi connectivity index (χ4v) is 5.12. The molecule has 1 atom stereocenters. The molecule has 0 spiro atoms. The average molecular weight is 556 g/mol. The van der Waals surface area contributed by atoms with Crippen LogP contribution < -0.4 is 9.62 Å². The Hall–Kier alpha value is -3.36. The summed E-state index contributed by atoms with van der Waals surface area (Å²) in [7, 11) is -2.28. The lowest BCUT2D eigenvalue weighted by Gasteiger charge is -2.33. The Morgan fingerprint density at radius 2 is 1.50 bits per heavy atom. The summed E-state index contributed by atoms with van der Waals surface area (Å²) in [5.74, 6) is -0.565. The smallest absolute Gasteiger partial charge is 0.244 e. The zero-order valence-electron chi connectivity index (χ0n) is 22.1. The second kappa shape index (κ2) is 12.9. The molecule has 0 aromatic heterocycles. The van der Waals surface area contributed by atoms with E-state index in [1.807, 2.05) is 56.3 Å². The predicted molar refractivity (Wildman–Crippen MR) is 153 cm³/mol. The van der Waals surface area contributed by atoms with E-state index in [4.69, 9.17) is 11.6 Å². The van der Waals surface area contributed by atoms with Crippen molar-refractivity contribution in [1.82, 2.24) is 10.2 Å². The van der Waals surface area contributed by atoms with E-state index < -0.39 is 28.5 Å². The van der Waals surface area contributed by atoms with Gasteiger partial charge in [0.1, 0.15) is 12.6 Å². The summed E-state index contributed by atoms with van der Waals surface area (Å²) in [6, 6.07) is 22.6. The van der Waals surface area contributed by atoms with Crippen LogP contribution in [0.4, 0.5) is 5.69 Å². The van der Waals surface area contributed by atoms with Crippen LogP contribution in [-0.2, 0) is 32.6 Å². The number of anilines is 1. The van der Waals surface area contributed by atoms with E-state index in [2.05, 4.69) is 5.32 Å². The van der Waals surface area contributed by atoms with E-state index in [1.54, 1.807) is 36.4 Å². The number of rotatable bonds is 11. The number of nitrogens with zero attached hydrogens (tertiary/aromatic N) is 2. The second-order valence-electron chi connectivity index (χ2n) is 9.48.